The standard InChI is InChI=1S/3C18H15P.CHCl3.Cu.FH/c3*1-4-10-16(11-5-1)19(17-12-6-2-7-13-17)18-14-8-3-9-15-18;2-1(3)4;;/h3*1-15H;1H;;1H/q;;;;+1;/p-1. The van der Waals surface area contributed by atoms with Crippen molar-refractivity contribution >= 4 is 106 Å². The largest absolute Gasteiger partial charge is 0.0622 e. The first kappa shape index (κ1) is 49.6. The van der Waals surface area contributed by atoms with Crippen LogP contribution in [0.4, 0.5) is 3.55 Å². The third kappa shape index (κ3) is 16.6. The van der Waals surface area contributed by atoms with Gasteiger partial charge in [0.05, 0.1) is 0 Å². The molecule has 0 nitrogen and oxygen atoms in total. The van der Waals surface area contributed by atoms with Gasteiger partial charge in [0.25, 0.3) is 0 Å². The summed E-state index contributed by atoms with van der Waals surface area (Å²) in [6, 6.07) is 97.0. The molecule has 0 spiro atoms. The number of rotatable bonds is 9. The molecule has 0 aliphatic carbocycles. The first-order valence-corrected chi connectivity index (χ1v) is 25.7. The molecule has 0 amide bonds. The van der Waals surface area contributed by atoms with Crippen molar-refractivity contribution in [1.82, 2.24) is 0 Å². The van der Waals surface area contributed by atoms with E-state index in [2.05, 4.69) is 289 Å². The van der Waals surface area contributed by atoms with E-state index in [1.54, 1.807) is 0 Å². The third-order valence-electron chi connectivity index (χ3n) is 9.13. The van der Waals surface area contributed by atoms with Crippen molar-refractivity contribution in [3.63, 3.8) is 0 Å². The zero-order valence-electron chi connectivity index (χ0n) is 34.2. The van der Waals surface area contributed by atoms with E-state index in [0.29, 0.717) is 0 Å². The van der Waals surface area contributed by atoms with Gasteiger partial charge in [0, 0.05) is 0 Å². The van der Waals surface area contributed by atoms with Crippen LogP contribution in [0.3, 0.4) is 0 Å². The molecule has 63 heavy (non-hydrogen) atoms. The van der Waals surface area contributed by atoms with Gasteiger partial charge in [0.2, 0.25) is 0 Å². The van der Waals surface area contributed by atoms with Gasteiger partial charge in [-0.15, -0.1) is 0 Å². The number of hydrogen-bond acceptors (Lipinski definition) is 0. The van der Waals surface area contributed by atoms with E-state index in [-0.39, 0.29) is 0 Å². The molecular weight excluding hydrogens is 942 g/mol. The zero-order chi connectivity index (χ0) is 44.3. The molecule has 8 heteroatoms. The maximum atomic E-state index is 9.06. The van der Waals surface area contributed by atoms with Crippen molar-refractivity contribution in [3.8, 4) is 0 Å². The maximum absolute atomic E-state index is 9.06. The molecule has 0 radical (unpaired) electrons. The average Bonchev–Trinajstić information content (AvgIpc) is 3.36. The van der Waals surface area contributed by atoms with Crippen LogP contribution in [0.5, 0.6) is 0 Å². The van der Waals surface area contributed by atoms with Gasteiger partial charge in [-0.25, -0.2) is 0 Å². The molecule has 0 N–H and O–H groups in total. The van der Waals surface area contributed by atoms with Crippen molar-refractivity contribution in [1.29, 1.82) is 0 Å². The van der Waals surface area contributed by atoms with E-state index in [1.807, 2.05) is 0 Å². The minimum Gasteiger partial charge on any atom is -0.0622 e. The molecule has 320 valence electrons. The first-order valence-electron chi connectivity index (χ1n) is 20.0. The topological polar surface area (TPSA) is 0 Å². The quantitative estimate of drug-likeness (QED) is 0.0768. The Balaban J connectivity index is 0.000000167. The van der Waals surface area contributed by atoms with Gasteiger partial charge < -0.3 is 0 Å². The Labute approximate surface area is 400 Å². The number of halogens is 4. The summed E-state index contributed by atoms with van der Waals surface area (Å²) in [4.78, 5) is 0. The molecule has 0 saturated heterocycles. The Morgan fingerprint density at radius 3 is 0.381 bits per heavy atom. The predicted molar refractivity (Wildman–Crippen MR) is 278 cm³/mol. The number of hydrogen-bond donors (Lipinski definition) is 0. The van der Waals surface area contributed by atoms with E-state index in [1.165, 1.54) is 47.7 Å². The van der Waals surface area contributed by atoms with Gasteiger partial charge in [0.1, 0.15) is 0 Å². The van der Waals surface area contributed by atoms with Crippen molar-refractivity contribution in [2.75, 3.05) is 0 Å². The van der Waals surface area contributed by atoms with Crippen LogP contribution < -0.4 is 47.7 Å². The Hall–Kier alpha value is -4.41. The molecule has 0 aliphatic heterocycles. The molecule has 0 unspecified atom stereocenters. The van der Waals surface area contributed by atoms with Crippen LogP contribution in [0.15, 0.2) is 273 Å². The van der Waals surface area contributed by atoms with Gasteiger partial charge in [-0.1, -0.05) is 308 Å². The first-order chi connectivity index (χ1) is 31.1. The second-order valence-corrected chi connectivity index (χ2v) is 21.9. The number of alkyl halides is 3. The monoisotopic (exact) mass is 986 g/mol. The molecule has 9 rings (SSSR count). The van der Waals surface area contributed by atoms with Crippen LogP contribution in [-0.4, -0.2) is 4.30 Å². The van der Waals surface area contributed by atoms with Gasteiger partial charge in [-0.3, -0.25) is 0 Å². The van der Waals surface area contributed by atoms with Crippen molar-refractivity contribution < 1.29 is 20.0 Å². The summed E-state index contributed by atoms with van der Waals surface area (Å²) in [6.07, 6.45) is 0. The summed E-state index contributed by atoms with van der Waals surface area (Å²) in [5, 5.41) is 12.6. The molecule has 9 aromatic rings. The van der Waals surface area contributed by atoms with Crippen molar-refractivity contribution in [2.45, 2.75) is 4.30 Å². The summed E-state index contributed by atoms with van der Waals surface area (Å²) in [5.74, 6) is 0. The van der Waals surface area contributed by atoms with Crippen LogP contribution >= 0.6 is 58.6 Å². The molecule has 0 heterocycles. The zero-order valence-corrected chi connectivity index (χ0v) is 40.1. The summed E-state index contributed by atoms with van der Waals surface area (Å²) >= 11 is 17.1. The van der Waals surface area contributed by atoms with E-state index in [4.69, 9.17) is 38.4 Å². The van der Waals surface area contributed by atoms with Crippen LogP contribution in [0.1, 0.15) is 0 Å². The molecule has 0 aromatic heterocycles. The molecule has 0 saturated carbocycles. The van der Waals surface area contributed by atoms with Gasteiger partial charge >= 0.3 is 20.0 Å². The van der Waals surface area contributed by atoms with Crippen molar-refractivity contribution in [3.05, 3.63) is 273 Å². The van der Waals surface area contributed by atoms with Gasteiger partial charge in [-0.05, 0) is 71.5 Å². The third-order valence-corrected chi connectivity index (χ3v) is 16.5. The normalized spacial score (nSPS) is 10.3. The van der Waals surface area contributed by atoms with Crippen LogP contribution in [0, 0.1) is 0 Å². The Bertz CT molecular complexity index is 1930. The summed E-state index contributed by atoms with van der Waals surface area (Å²) in [7, 11) is -1.34. The van der Waals surface area contributed by atoms with E-state index >= 15 is 0 Å². The fraction of sp³-hybridized carbons (Fsp3) is 0.0182. The molecular formula is C55H46Cl3CuFP3. The predicted octanol–water partition coefficient (Wildman–Crippen LogP) is 12.7. The second kappa shape index (κ2) is 29.1. The Kier molecular flexibility index (Phi) is 22.9. The summed E-state index contributed by atoms with van der Waals surface area (Å²) in [5.41, 5.74) is 0. The number of benzene rings is 9. The minimum absolute atomic E-state index is 0.446. The van der Waals surface area contributed by atoms with Crippen LogP contribution in [0.2, 0.25) is 0 Å². The molecule has 0 bridgehead atoms. The van der Waals surface area contributed by atoms with Gasteiger partial charge in [0.15, 0.2) is 4.30 Å². The smallest absolute Gasteiger partial charge is 0.0134 e. The summed E-state index contributed by atoms with van der Waals surface area (Å²) < 4.78 is 8.31. The van der Waals surface area contributed by atoms with E-state index in [9.17, 15) is 0 Å². The SMILES string of the molecule is ClC(Cl)Cl.[F][Cu].c1ccc(P(c2ccccc2)c2ccccc2)cc1.c1ccc(P(c2ccccc2)c2ccccc2)cc1.c1ccc(P(c2ccccc2)c2ccccc2)cc1. The van der Waals surface area contributed by atoms with E-state index in [0.717, 1.165) is 0 Å². The minimum atomic E-state index is -0.750. The van der Waals surface area contributed by atoms with Crippen LogP contribution in [-0.2, 0) is 16.5 Å². The molecule has 0 fully saturated rings. The summed E-state index contributed by atoms with van der Waals surface area (Å²) in [6.45, 7) is 0. The Morgan fingerprint density at radius 2 is 0.302 bits per heavy atom. The molecule has 9 aromatic carbocycles. The molecule has 0 aliphatic rings. The Morgan fingerprint density at radius 1 is 0.222 bits per heavy atom. The van der Waals surface area contributed by atoms with Crippen LogP contribution in [0.25, 0.3) is 0 Å². The molecule has 0 atom stereocenters. The van der Waals surface area contributed by atoms with Gasteiger partial charge in [-0.2, -0.15) is 0 Å². The van der Waals surface area contributed by atoms with Crippen molar-refractivity contribution in [2.24, 2.45) is 0 Å². The second-order valence-electron chi connectivity index (χ2n) is 13.3. The maximum Gasteiger partial charge on any atom is -0.0134 e. The fourth-order valence-electron chi connectivity index (χ4n) is 6.54. The van der Waals surface area contributed by atoms with E-state index < -0.39 is 28.1 Å². The fourth-order valence-corrected chi connectivity index (χ4v) is 13.5. The average molecular weight is 989 g/mol.